The van der Waals surface area contributed by atoms with E-state index >= 15 is 0 Å². The second kappa shape index (κ2) is 10.2. The van der Waals surface area contributed by atoms with Gasteiger partial charge in [-0.15, -0.1) is 0 Å². The van der Waals surface area contributed by atoms with E-state index in [2.05, 4.69) is 0 Å². The molecule has 6 nitrogen and oxygen atoms in total. The zero-order valence-corrected chi connectivity index (χ0v) is 15.8. The van der Waals surface area contributed by atoms with E-state index in [4.69, 9.17) is 27.7 Å². The van der Waals surface area contributed by atoms with E-state index in [0.29, 0.717) is 13.0 Å². The molecule has 0 aliphatic carbocycles. The van der Waals surface area contributed by atoms with Gasteiger partial charge >= 0.3 is 5.97 Å². The van der Waals surface area contributed by atoms with Crippen LogP contribution in [0.1, 0.15) is 60.3 Å². The third-order valence-corrected chi connectivity index (χ3v) is 4.63. The van der Waals surface area contributed by atoms with Gasteiger partial charge in [-0.1, -0.05) is 48.5 Å². The zero-order valence-electron chi connectivity index (χ0n) is 15.8. The van der Waals surface area contributed by atoms with Crippen molar-refractivity contribution in [2.75, 3.05) is 6.61 Å². The number of carbonyl (C=O) groups is 1. The summed E-state index contributed by atoms with van der Waals surface area (Å²) in [6.45, 7) is 2.19. The van der Waals surface area contributed by atoms with Gasteiger partial charge in [-0.05, 0) is 47.9 Å². The van der Waals surface area contributed by atoms with Crippen molar-refractivity contribution in [1.82, 2.24) is 0 Å². The number of ether oxygens (including phenoxy) is 1. The van der Waals surface area contributed by atoms with Gasteiger partial charge in [-0.25, -0.2) is 0 Å². The van der Waals surface area contributed by atoms with Gasteiger partial charge in [0.25, 0.3) is 0 Å². The highest BCUT2D eigenvalue weighted by Gasteiger charge is 2.18. The van der Waals surface area contributed by atoms with Crippen LogP contribution in [0.5, 0.6) is 0 Å². The van der Waals surface area contributed by atoms with E-state index in [9.17, 15) is 4.79 Å². The van der Waals surface area contributed by atoms with Crippen LogP contribution in [0.3, 0.4) is 0 Å². The Morgan fingerprint density at radius 3 is 2.15 bits per heavy atom. The van der Waals surface area contributed by atoms with Crippen LogP contribution in [0.4, 0.5) is 0 Å². The normalized spacial score (nSPS) is 12.4. The molecule has 2 rings (SSSR count). The van der Waals surface area contributed by atoms with E-state index in [-0.39, 0.29) is 11.9 Å². The van der Waals surface area contributed by atoms with Crippen molar-refractivity contribution in [3.63, 3.8) is 0 Å². The number of rotatable bonds is 9. The molecule has 0 heterocycles. The second-order valence-electron chi connectivity index (χ2n) is 6.71. The van der Waals surface area contributed by atoms with Crippen LogP contribution in [0, 0.1) is 0 Å². The molecule has 0 saturated carbocycles. The molecule has 0 aliphatic heterocycles. The minimum atomic E-state index is -0.541. The van der Waals surface area contributed by atoms with Crippen LogP contribution < -0.4 is 22.9 Å². The Hall–Kier alpha value is -2.25. The highest BCUT2D eigenvalue weighted by Crippen LogP contribution is 2.27. The molecule has 27 heavy (non-hydrogen) atoms. The van der Waals surface area contributed by atoms with E-state index < -0.39 is 12.3 Å². The van der Waals surface area contributed by atoms with Crippen LogP contribution >= 0.6 is 0 Å². The molecule has 0 spiro atoms. The van der Waals surface area contributed by atoms with Gasteiger partial charge in [0.05, 0.1) is 25.4 Å². The highest BCUT2D eigenvalue weighted by molar-refractivity contribution is 5.70. The molecule has 0 amide bonds. The SMILES string of the molecule is CCOC(=O)CC(CCc1ccc(C(N)N)cc1)c1cccc(C(N)N)c1. The lowest BCUT2D eigenvalue weighted by atomic mass is 9.88. The molecule has 2 aromatic rings. The molecular weight excluding hydrogens is 340 g/mol. The van der Waals surface area contributed by atoms with Crippen LogP contribution in [-0.4, -0.2) is 12.6 Å². The Kier molecular flexibility index (Phi) is 7.94. The molecule has 0 aromatic heterocycles. The molecule has 0 saturated heterocycles. The van der Waals surface area contributed by atoms with Crippen molar-refractivity contribution in [1.29, 1.82) is 0 Å². The standard InChI is InChI=1S/C21H30N4O2/c1-2-27-19(26)13-17(16-4-3-5-18(12-16)21(24)25)11-8-14-6-9-15(10-7-14)20(22)23/h3-7,9-10,12,17,20-21H,2,8,11,13,22-25H2,1H3. The van der Waals surface area contributed by atoms with Crippen molar-refractivity contribution in [2.45, 2.75) is 44.4 Å². The largest absolute Gasteiger partial charge is 0.466 e. The monoisotopic (exact) mass is 370 g/mol. The Morgan fingerprint density at radius 2 is 1.56 bits per heavy atom. The highest BCUT2D eigenvalue weighted by atomic mass is 16.5. The Balaban J connectivity index is 2.14. The fourth-order valence-electron chi connectivity index (χ4n) is 3.08. The van der Waals surface area contributed by atoms with Crippen molar-refractivity contribution in [3.05, 3.63) is 70.8 Å². The minimum Gasteiger partial charge on any atom is -0.466 e. The fraction of sp³-hybridized carbons (Fsp3) is 0.381. The molecule has 0 bridgehead atoms. The quantitative estimate of drug-likeness (QED) is 0.395. The van der Waals surface area contributed by atoms with Crippen LogP contribution in [0.2, 0.25) is 0 Å². The lowest BCUT2D eigenvalue weighted by molar-refractivity contribution is -0.143. The molecule has 0 fully saturated rings. The Labute approximate surface area is 160 Å². The molecule has 1 unspecified atom stereocenters. The summed E-state index contributed by atoms with van der Waals surface area (Å²) >= 11 is 0. The third-order valence-electron chi connectivity index (χ3n) is 4.63. The number of carbonyl (C=O) groups excluding carboxylic acids is 1. The van der Waals surface area contributed by atoms with Gasteiger partial charge in [0, 0.05) is 0 Å². The van der Waals surface area contributed by atoms with Crippen LogP contribution in [-0.2, 0) is 16.0 Å². The number of benzene rings is 2. The first-order valence-corrected chi connectivity index (χ1v) is 9.27. The van der Waals surface area contributed by atoms with E-state index in [0.717, 1.165) is 29.5 Å². The average molecular weight is 370 g/mol. The summed E-state index contributed by atoms with van der Waals surface area (Å²) in [7, 11) is 0. The van der Waals surface area contributed by atoms with Gasteiger partial charge in [0.2, 0.25) is 0 Å². The van der Waals surface area contributed by atoms with E-state index in [1.54, 1.807) is 0 Å². The summed E-state index contributed by atoms with van der Waals surface area (Å²) in [5.74, 6) is -0.173. The summed E-state index contributed by atoms with van der Waals surface area (Å²) in [4.78, 5) is 12.1. The van der Waals surface area contributed by atoms with Gasteiger partial charge in [-0.3, -0.25) is 4.79 Å². The Morgan fingerprint density at radius 1 is 0.926 bits per heavy atom. The lowest BCUT2D eigenvalue weighted by Gasteiger charge is -2.18. The van der Waals surface area contributed by atoms with Crippen molar-refractivity contribution >= 4 is 5.97 Å². The molecule has 8 N–H and O–H groups in total. The number of hydrogen-bond donors (Lipinski definition) is 4. The molecular formula is C21H30N4O2. The maximum Gasteiger partial charge on any atom is 0.306 e. The second-order valence-corrected chi connectivity index (χ2v) is 6.71. The fourth-order valence-corrected chi connectivity index (χ4v) is 3.08. The Bertz CT molecular complexity index is 729. The molecule has 6 heteroatoms. The number of esters is 1. The summed E-state index contributed by atoms with van der Waals surface area (Å²) in [6.07, 6.45) is 0.933. The number of hydrogen-bond acceptors (Lipinski definition) is 6. The summed E-state index contributed by atoms with van der Waals surface area (Å²) in [5, 5.41) is 0. The lowest BCUT2D eigenvalue weighted by Crippen LogP contribution is -2.20. The maximum atomic E-state index is 12.1. The maximum absolute atomic E-state index is 12.1. The average Bonchev–Trinajstić information content (AvgIpc) is 2.65. The van der Waals surface area contributed by atoms with Gasteiger partial charge < -0.3 is 27.7 Å². The molecule has 1 atom stereocenters. The van der Waals surface area contributed by atoms with E-state index in [1.165, 1.54) is 5.56 Å². The molecule has 146 valence electrons. The van der Waals surface area contributed by atoms with Gasteiger partial charge in [0.1, 0.15) is 0 Å². The zero-order chi connectivity index (χ0) is 19.8. The molecule has 0 radical (unpaired) electrons. The summed E-state index contributed by atoms with van der Waals surface area (Å²) in [5.41, 5.74) is 26.9. The topological polar surface area (TPSA) is 130 Å². The first-order valence-electron chi connectivity index (χ1n) is 9.27. The summed E-state index contributed by atoms with van der Waals surface area (Å²) in [6, 6.07) is 15.7. The minimum absolute atomic E-state index is 0.0270. The van der Waals surface area contributed by atoms with Crippen LogP contribution in [0.25, 0.3) is 0 Å². The molecule has 0 aliphatic rings. The van der Waals surface area contributed by atoms with E-state index in [1.807, 2.05) is 55.5 Å². The smallest absolute Gasteiger partial charge is 0.306 e. The number of aryl methyl sites for hydroxylation is 1. The first-order chi connectivity index (χ1) is 12.9. The first kappa shape index (κ1) is 21.1. The van der Waals surface area contributed by atoms with Crippen molar-refractivity contribution < 1.29 is 9.53 Å². The predicted molar refractivity (Wildman–Crippen MR) is 107 cm³/mol. The van der Waals surface area contributed by atoms with Crippen molar-refractivity contribution in [2.24, 2.45) is 22.9 Å². The van der Waals surface area contributed by atoms with Crippen LogP contribution in [0.15, 0.2) is 48.5 Å². The van der Waals surface area contributed by atoms with Crippen molar-refractivity contribution in [3.8, 4) is 0 Å². The predicted octanol–water partition coefficient (Wildman–Crippen LogP) is 2.19. The van der Waals surface area contributed by atoms with Gasteiger partial charge in [0.15, 0.2) is 0 Å². The molecule has 2 aromatic carbocycles. The van der Waals surface area contributed by atoms with Gasteiger partial charge in [-0.2, -0.15) is 0 Å². The number of nitrogens with two attached hydrogens (primary N) is 4. The third kappa shape index (κ3) is 6.45. The summed E-state index contributed by atoms with van der Waals surface area (Å²) < 4.78 is 5.15.